The number of hydrogen-bond donors (Lipinski definition) is 1. The summed E-state index contributed by atoms with van der Waals surface area (Å²) in [5.41, 5.74) is 3.12. The predicted octanol–water partition coefficient (Wildman–Crippen LogP) is 3.82. The van der Waals surface area contributed by atoms with Gasteiger partial charge in [-0.2, -0.15) is 5.10 Å². The Balaban J connectivity index is 1.49. The fraction of sp³-hybridized carbons (Fsp3) is 0.0417. The molecule has 0 aliphatic heterocycles. The lowest BCUT2D eigenvalue weighted by atomic mass is 10.1. The van der Waals surface area contributed by atoms with E-state index in [0.29, 0.717) is 11.5 Å². The number of nitrogens with zero attached hydrogens (tertiary/aromatic N) is 4. The summed E-state index contributed by atoms with van der Waals surface area (Å²) < 4.78 is 25.1. The molecule has 0 saturated carbocycles. The molecule has 1 N–H and O–H groups in total. The monoisotopic (exact) mass is 439 g/mol. The standard InChI is InChI=1S/C24H17N5O2S/c1-32(30,31)20-8-6-19(7-9-20)28-24-14-21-17(15-26-24)11-12-25-22(21)10-5-18-16-27-29-13-3-2-4-23(18)29/h2-4,6-9,11-16H,1H3,(H,26,28). The van der Waals surface area contributed by atoms with Crippen molar-refractivity contribution in [2.75, 3.05) is 11.6 Å². The lowest BCUT2D eigenvalue weighted by molar-refractivity contribution is 0.602. The highest BCUT2D eigenvalue weighted by Gasteiger charge is 2.08. The molecule has 8 heteroatoms. The summed E-state index contributed by atoms with van der Waals surface area (Å²) in [5.74, 6) is 6.94. The zero-order valence-corrected chi connectivity index (χ0v) is 17.8. The molecule has 5 aromatic rings. The summed E-state index contributed by atoms with van der Waals surface area (Å²) in [6.07, 6.45) is 8.26. The Morgan fingerprint density at radius 1 is 0.969 bits per heavy atom. The Morgan fingerprint density at radius 2 is 1.81 bits per heavy atom. The maximum Gasteiger partial charge on any atom is 0.175 e. The van der Waals surface area contributed by atoms with Crippen molar-refractivity contribution in [1.29, 1.82) is 0 Å². The SMILES string of the molecule is CS(=O)(=O)c1ccc(Nc2cc3c(C#Cc4cnn5ccccc45)nccc3cn2)cc1. The summed E-state index contributed by atoms with van der Waals surface area (Å²) in [6.45, 7) is 0. The lowest BCUT2D eigenvalue weighted by Gasteiger charge is -2.08. The summed E-state index contributed by atoms with van der Waals surface area (Å²) in [7, 11) is -3.24. The highest BCUT2D eigenvalue weighted by molar-refractivity contribution is 7.90. The topological polar surface area (TPSA) is 89.2 Å². The zero-order chi connectivity index (χ0) is 22.1. The Morgan fingerprint density at radius 3 is 2.62 bits per heavy atom. The molecule has 0 aliphatic carbocycles. The van der Waals surface area contributed by atoms with Gasteiger partial charge >= 0.3 is 0 Å². The smallest absolute Gasteiger partial charge is 0.175 e. The number of sulfone groups is 1. The number of benzene rings is 1. The van der Waals surface area contributed by atoms with Gasteiger partial charge in [0.1, 0.15) is 11.5 Å². The molecular weight excluding hydrogens is 422 g/mol. The zero-order valence-electron chi connectivity index (χ0n) is 17.0. The third kappa shape index (κ3) is 3.89. The second-order valence-electron chi connectivity index (χ2n) is 7.21. The average Bonchev–Trinajstić information content (AvgIpc) is 3.20. The van der Waals surface area contributed by atoms with Crippen LogP contribution in [-0.4, -0.2) is 34.3 Å². The average molecular weight is 440 g/mol. The predicted molar refractivity (Wildman–Crippen MR) is 124 cm³/mol. The molecular formula is C24H17N5O2S. The van der Waals surface area contributed by atoms with Crippen molar-refractivity contribution in [3.8, 4) is 11.8 Å². The fourth-order valence-corrected chi connectivity index (χ4v) is 3.95. The van der Waals surface area contributed by atoms with Crippen molar-refractivity contribution in [3.63, 3.8) is 0 Å². The van der Waals surface area contributed by atoms with Gasteiger partial charge in [-0.1, -0.05) is 12.0 Å². The molecule has 7 nitrogen and oxygen atoms in total. The van der Waals surface area contributed by atoms with Gasteiger partial charge in [-0.15, -0.1) is 0 Å². The van der Waals surface area contributed by atoms with Crippen molar-refractivity contribution in [2.24, 2.45) is 0 Å². The normalized spacial score (nSPS) is 11.3. The minimum atomic E-state index is -3.24. The minimum Gasteiger partial charge on any atom is -0.340 e. The Hall–Kier alpha value is -4.22. The molecule has 0 radical (unpaired) electrons. The van der Waals surface area contributed by atoms with Gasteiger partial charge < -0.3 is 5.32 Å². The first-order chi connectivity index (χ1) is 15.5. The second kappa shape index (κ2) is 7.80. The van der Waals surface area contributed by atoms with Crippen molar-refractivity contribution < 1.29 is 8.42 Å². The van der Waals surface area contributed by atoms with E-state index in [2.05, 4.69) is 32.2 Å². The maximum atomic E-state index is 11.6. The Labute approximate surface area is 184 Å². The van der Waals surface area contributed by atoms with Crippen LogP contribution in [0, 0.1) is 11.8 Å². The van der Waals surface area contributed by atoms with Crippen LogP contribution < -0.4 is 5.32 Å². The molecule has 0 spiro atoms. The van der Waals surface area contributed by atoms with E-state index in [1.807, 2.05) is 36.5 Å². The van der Waals surface area contributed by atoms with E-state index < -0.39 is 9.84 Å². The summed E-state index contributed by atoms with van der Waals surface area (Å²) >= 11 is 0. The summed E-state index contributed by atoms with van der Waals surface area (Å²) in [6, 6.07) is 16.1. The first kappa shape index (κ1) is 19.7. The first-order valence-corrected chi connectivity index (χ1v) is 11.6. The molecule has 0 unspecified atom stereocenters. The van der Waals surface area contributed by atoms with Crippen molar-refractivity contribution in [2.45, 2.75) is 4.90 Å². The third-order valence-electron chi connectivity index (χ3n) is 4.94. The Bertz CT molecular complexity index is 1630. The van der Waals surface area contributed by atoms with Crippen LogP contribution in [0.15, 0.2) is 84.3 Å². The van der Waals surface area contributed by atoms with Gasteiger partial charge in [0.2, 0.25) is 0 Å². The number of aromatic nitrogens is 4. The van der Waals surface area contributed by atoms with Crippen LogP contribution in [-0.2, 0) is 9.84 Å². The van der Waals surface area contributed by atoms with Crippen LogP contribution in [0.3, 0.4) is 0 Å². The van der Waals surface area contributed by atoms with E-state index in [1.54, 1.807) is 47.4 Å². The molecule has 0 saturated heterocycles. The van der Waals surface area contributed by atoms with Crippen molar-refractivity contribution in [3.05, 3.63) is 90.6 Å². The number of hydrogen-bond acceptors (Lipinski definition) is 6. The molecule has 0 amide bonds. The number of pyridine rings is 3. The van der Waals surface area contributed by atoms with E-state index in [9.17, 15) is 8.42 Å². The van der Waals surface area contributed by atoms with E-state index in [1.165, 1.54) is 6.26 Å². The van der Waals surface area contributed by atoms with Gasteiger partial charge in [-0.05, 0) is 54.5 Å². The van der Waals surface area contributed by atoms with Gasteiger partial charge in [0.05, 0.1) is 22.2 Å². The van der Waals surface area contributed by atoms with Crippen LogP contribution in [0.25, 0.3) is 16.3 Å². The fourth-order valence-electron chi connectivity index (χ4n) is 3.32. The maximum absolute atomic E-state index is 11.6. The van der Waals surface area contributed by atoms with Gasteiger partial charge in [-0.3, -0.25) is 0 Å². The number of nitrogens with one attached hydrogen (secondary N) is 1. The number of fused-ring (bicyclic) bond motifs is 2. The first-order valence-electron chi connectivity index (χ1n) is 9.74. The van der Waals surface area contributed by atoms with Crippen LogP contribution in [0.5, 0.6) is 0 Å². The third-order valence-corrected chi connectivity index (χ3v) is 6.07. The largest absolute Gasteiger partial charge is 0.340 e. The van der Waals surface area contributed by atoms with Crippen molar-refractivity contribution in [1.82, 2.24) is 19.6 Å². The van der Waals surface area contributed by atoms with Crippen LogP contribution >= 0.6 is 0 Å². The highest BCUT2D eigenvalue weighted by atomic mass is 32.2. The second-order valence-corrected chi connectivity index (χ2v) is 9.23. The summed E-state index contributed by atoms with van der Waals surface area (Å²) in [5, 5.41) is 9.29. The van der Waals surface area contributed by atoms with Gasteiger partial charge in [0, 0.05) is 41.3 Å². The molecule has 0 bridgehead atoms. The number of rotatable bonds is 3. The molecule has 32 heavy (non-hydrogen) atoms. The molecule has 5 rings (SSSR count). The van der Waals surface area contributed by atoms with Crippen LogP contribution in [0.2, 0.25) is 0 Å². The van der Waals surface area contributed by atoms with E-state index in [4.69, 9.17) is 0 Å². The van der Waals surface area contributed by atoms with Crippen LogP contribution in [0.1, 0.15) is 11.3 Å². The molecule has 4 aromatic heterocycles. The lowest BCUT2D eigenvalue weighted by Crippen LogP contribution is -1.98. The van der Waals surface area contributed by atoms with Gasteiger partial charge in [0.15, 0.2) is 9.84 Å². The molecule has 4 heterocycles. The van der Waals surface area contributed by atoms with E-state index in [0.717, 1.165) is 27.5 Å². The highest BCUT2D eigenvalue weighted by Crippen LogP contribution is 2.23. The molecule has 0 atom stereocenters. The van der Waals surface area contributed by atoms with E-state index >= 15 is 0 Å². The van der Waals surface area contributed by atoms with Crippen molar-refractivity contribution >= 4 is 37.6 Å². The Kier molecular flexibility index (Phi) is 4.81. The van der Waals surface area contributed by atoms with Gasteiger partial charge in [-0.25, -0.2) is 22.9 Å². The molecule has 0 aliphatic rings. The summed E-state index contributed by atoms with van der Waals surface area (Å²) in [4.78, 5) is 9.16. The molecule has 156 valence electrons. The quantitative estimate of drug-likeness (QED) is 0.430. The minimum absolute atomic E-state index is 0.268. The molecule has 0 fully saturated rings. The van der Waals surface area contributed by atoms with E-state index in [-0.39, 0.29) is 4.90 Å². The number of anilines is 2. The molecule has 1 aromatic carbocycles. The van der Waals surface area contributed by atoms with Gasteiger partial charge in [0.25, 0.3) is 0 Å². The van der Waals surface area contributed by atoms with Crippen LogP contribution in [0.4, 0.5) is 11.5 Å².